The number of hydrogen-bond acceptors (Lipinski definition) is 20. The molecule has 0 aliphatic heterocycles. The van der Waals surface area contributed by atoms with Crippen molar-refractivity contribution in [2.75, 3.05) is 21.3 Å². The van der Waals surface area contributed by atoms with Gasteiger partial charge in [0.05, 0.1) is 81.7 Å². The molecule has 12 aromatic heterocycles. The molecule has 0 amide bonds. The number of pyridine rings is 4. The van der Waals surface area contributed by atoms with Gasteiger partial charge in [-0.1, -0.05) is 110 Å². The number of benzene rings is 7. The highest BCUT2D eigenvalue weighted by molar-refractivity contribution is 7.59. The summed E-state index contributed by atoms with van der Waals surface area (Å²) in [6, 6.07) is 52.0. The second-order valence-corrected chi connectivity index (χ2v) is 30.0. The van der Waals surface area contributed by atoms with Crippen LogP contribution in [0.25, 0.3) is 105 Å². The lowest BCUT2D eigenvalue weighted by atomic mass is 9.91. The Balaban J connectivity index is 0.000000134. The molecule has 1 aliphatic rings. The van der Waals surface area contributed by atoms with Crippen molar-refractivity contribution in [2.45, 2.75) is 104 Å². The number of fused-ring (bicyclic) bond motifs is 8. The van der Waals surface area contributed by atoms with Crippen LogP contribution in [0.15, 0.2) is 246 Å². The van der Waals surface area contributed by atoms with Crippen molar-refractivity contribution in [1.29, 1.82) is 0 Å². The number of aryl methyl sites for hydroxylation is 3. The van der Waals surface area contributed by atoms with E-state index >= 15 is 0 Å². The van der Waals surface area contributed by atoms with Crippen molar-refractivity contribution < 1.29 is 8.78 Å². The number of para-hydroxylation sites is 1. The Bertz CT molecular complexity index is 7410. The van der Waals surface area contributed by atoms with Gasteiger partial charge in [0.15, 0.2) is 45.9 Å². The van der Waals surface area contributed by atoms with E-state index in [0.717, 1.165) is 84.7 Å². The second-order valence-electron chi connectivity index (χ2n) is 29.6. The predicted molar refractivity (Wildman–Crippen MR) is 500 cm³/mol. The number of aromatic amines is 4. The van der Waals surface area contributed by atoms with Crippen molar-refractivity contribution in [2.24, 2.45) is 0 Å². The quantitative estimate of drug-likeness (QED) is 0.0420. The van der Waals surface area contributed by atoms with Crippen LogP contribution in [0.1, 0.15) is 123 Å². The molecule has 0 bridgehead atoms. The Morgan fingerprint density at radius 2 is 0.750 bits per heavy atom. The summed E-state index contributed by atoms with van der Waals surface area (Å²) >= 11 is 6.38. The molecular formula is C90H85ClF2N24O4S3. The molecule has 0 radical (unpaired) electrons. The third kappa shape index (κ3) is 17.0. The summed E-state index contributed by atoms with van der Waals surface area (Å²) in [6.45, 7) is 13.8. The van der Waals surface area contributed by atoms with Gasteiger partial charge in [0.1, 0.15) is 59.0 Å². The number of nitrogens with one attached hydrogen (secondary N) is 8. The SMILES string of the molecule is CCC(Nc1ncnc2nc[nH]c12)c1cc2cccc(C)c2c(=O)n1-c1ccc(F)cc1.C[C@H](Nc1ncnc2nc[nH]c12)c1cc2cccc(Cl)c2c(=O)n1-c1ccccc1.Cc1cccc2cc([C@H](C)Nc3ncnc4nc[nH]c34)n(-c3cccc(F)c3)c(=O)c12.Cc1cccc2cc([C@H](C)Nc3ncnc4nc[nH]c34)n(C3CCC3)c(=O)c12.S.S.S. The highest BCUT2D eigenvalue weighted by Crippen LogP contribution is 2.37. The summed E-state index contributed by atoms with van der Waals surface area (Å²) in [5, 5.41) is 20.1. The first-order chi connectivity index (χ1) is 58.8. The van der Waals surface area contributed by atoms with Crippen LogP contribution in [0.2, 0.25) is 5.02 Å². The molecule has 7 aromatic carbocycles. The first-order valence-electron chi connectivity index (χ1n) is 39.3. The first-order valence-corrected chi connectivity index (χ1v) is 39.7. The van der Waals surface area contributed by atoms with Crippen molar-refractivity contribution in [3.05, 3.63) is 324 Å². The summed E-state index contributed by atoms with van der Waals surface area (Å²) in [7, 11) is 0. The molecule has 19 aromatic rings. The molecular weight excluding hydrogens is 1650 g/mol. The maximum atomic E-state index is 14.0. The Kier molecular flexibility index (Phi) is 25.9. The number of anilines is 4. The third-order valence-corrected chi connectivity index (χ3v) is 22.2. The van der Waals surface area contributed by atoms with Gasteiger partial charge in [-0.25, -0.2) is 68.6 Å². The van der Waals surface area contributed by atoms with E-state index in [0.29, 0.717) is 107 Å². The average molecular weight is 1740 g/mol. The number of aromatic nitrogens is 20. The van der Waals surface area contributed by atoms with Gasteiger partial charge in [-0.15, -0.1) is 0 Å². The van der Waals surface area contributed by atoms with Crippen LogP contribution in [0.5, 0.6) is 0 Å². The fourth-order valence-electron chi connectivity index (χ4n) is 15.7. The zero-order valence-electron chi connectivity index (χ0n) is 68.0. The van der Waals surface area contributed by atoms with Crippen molar-refractivity contribution >= 4 is 163 Å². The van der Waals surface area contributed by atoms with Gasteiger partial charge in [0, 0.05) is 40.2 Å². The highest BCUT2D eigenvalue weighted by atomic mass is 35.5. The summed E-state index contributed by atoms with van der Waals surface area (Å²) in [6.07, 6.45) is 16.1. The smallest absolute Gasteiger partial charge is 0.264 e. The largest absolute Gasteiger partial charge is 0.360 e. The Labute approximate surface area is 732 Å². The maximum absolute atomic E-state index is 14.0. The molecule has 20 rings (SSSR count). The van der Waals surface area contributed by atoms with Gasteiger partial charge in [-0.05, 0) is 190 Å². The van der Waals surface area contributed by atoms with Crippen LogP contribution >= 0.6 is 52.1 Å². The minimum Gasteiger partial charge on any atom is -0.360 e. The van der Waals surface area contributed by atoms with Gasteiger partial charge < -0.3 is 45.8 Å². The first kappa shape index (κ1) is 86.4. The summed E-state index contributed by atoms with van der Waals surface area (Å²) < 4.78 is 34.6. The van der Waals surface area contributed by atoms with E-state index in [9.17, 15) is 28.0 Å². The van der Waals surface area contributed by atoms with Crippen LogP contribution in [0.3, 0.4) is 0 Å². The number of hydrogen-bond donors (Lipinski definition) is 8. The molecule has 28 nitrogen and oxygen atoms in total. The van der Waals surface area contributed by atoms with E-state index in [-0.39, 0.29) is 98.8 Å². The summed E-state index contributed by atoms with van der Waals surface area (Å²) in [5.41, 5.74) is 12.6. The molecule has 1 aliphatic carbocycles. The molecule has 0 saturated heterocycles. The zero-order valence-corrected chi connectivity index (χ0v) is 71.8. The fraction of sp³-hybridized carbons (Fsp3) is 0.178. The number of rotatable bonds is 17. The summed E-state index contributed by atoms with van der Waals surface area (Å²) in [4.78, 5) is 117. The van der Waals surface area contributed by atoms with E-state index in [1.54, 1.807) is 69.3 Å². The molecule has 12 heterocycles. The molecule has 1 unspecified atom stereocenters. The second kappa shape index (κ2) is 37.1. The normalized spacial score (nSPS) is 12.8. The lowest BCUT2D eigenvalue weighted by Crippen LogP contribution is -2.33. The molecule has 124 heavy (non-hydrogen) atoms. The molecule has 4 atom stereocenters. The van der Waals surface area contributed by atoms with E-state index in [2.05, 4.69) is 114 Å². The topological polar surface area (TPSA) is 354 Å². The van der Waals surface area contributed by atoms with Gasteiger partial charge in [0.2, 0.25) is 0 Å². The van der Waals surface area contributed by atoms with E-state index in [1.807, 2.05) is 161 Å². The minimum absolute atomic E-state index is 0. The number of imidazole rings is 4. The molecule has 34 heteroatoms. The van der Waals surface area contributed by atoms with Gasteiger partial charge >= 0.3 is 0 Å². The summed E-state index contributed by atoms with van der Waals surface area (Å²) in [5.74, 6) is 1.71. The minimum atomic E-state index is -0.407. The molecule has 1 saturated carbocycles. The Hall–Kier alpha value is -14.0. The van der Waals surface area contributed by atoms with E-state index in [4.69, 9.17) is 11.6 Å². The molecule has 1 fully saturated rings. The predicted octanol–water partition coefficient (Wildman–Crippen LogP) is 17.6. The monoisotopic (exact) mass is 1730 g/mol. The average Bonchev–Trinajstić information content (AvgIpc) is 1.11. The number of halogens is 3. The van der Waals surface area contributed by atoms with Gasteiger partial charge in [0.25, 0.3) is 22.2 Å². The van der Waals surface area contributed by atoms with Crippen molar-refractivity contribution in [1.82, 2.24) is 98.0 Å². The molecule has 8 N–H and O–H groups in total. The van der Waals surface area contributed by atoms with Crippen LogP contribution < -0.4 is 43.5 Å². The lowest BCUT2D eigenvalue weighted by molar-refractivity contribution is 0.298. The zero-order chi connectivity index (χ0) is 83.7. The fourth-order valence-corrected chi connectivity index (χ4v) is 16.0. The van der Waals surface area contributed by atoms with E-state index < -0.39 is 5.82 Å². The van der Waals surface area contributed by atoms with Crippen LogP contribution in [0, 0.1) is 32.4 Å². The lowest BCUT2D eigenvalue weighted by Gasteiger charge is -2.32. The molecule has 0 spiro atoms. The maximum Gasteiger partial charge on any atom is 0.264 e. The van der Waals surface area contributed by atoms with Crippen molar-refractivity contribution in [3.8, 4) is 17.1 Å². The number of H-pyrrole nitrogens is 4. The Morgan fingerprint density at radius 3 is 1.19 bits per heavy atom. The van der Waals surface area contributed by atoms with Crippen LogP contribution in [-0.4, -0.2) is 98.0 Å². The standard InChI is InChI=1S/C24H21FN6O.C23H19FN6O.C22H17ClN6O.C21H22N6O.3H2S/c1-3-18(30-23-21-22(27-12-26-21)28-13-29-23)19-11-15-6-4-5-14(2)20(15)24(32)31(19)17-9-7-16(25)8-10-17;1-13-5-3-6-15-9-18(14(2)29-22-20-21(26-11-25-20)27-12-28-22)30(23(31)19(13)15)17-8-4-7-16(24)10-17;1-13(28-21-19-20(25-11-24-19)26-12-27-21)17-10-14-6-5-9-16(23)18(14)22(30)29(17)15-7-3-2-4-8-15;1-12-5-3-6-14-9-16(27(15-7-4-8-15)21(28)17(12)14)13(2)26-20-18-19(23-10-22-18)24-11-25-20;;;/h4-13,18H,3H2,1-2H3,(H2,26,27,28,29,30);3-12,14H,1-2H3,(H2,25,26,27,28,29);2-13H,1H3,(H2,24,25,26,27,28);3,5-6,9-11,13,15H,4,7-8H2,1-2H3,(H2,22,23,24,25,26);3*1H2/t;14-;2*13-;;;/m.000.../s1. The molecule has 628 valence electrons. The van der Waals surface area contributed by atoms with Gasteiger partial charge in [-0.3, -0.25) is 32.9 Å². The highest BCUT2D eigenvalue weighted by Gasteiger charge is 2.29. The third-order valence-electron chi connectivity index (χ3n) is 21.9. The van der Waals surface area contributed by atoms with Crippen LogP contribution in [-0.2, 0) is 0 Å². The van der Waals surface area contributed by atoms with Crippen molar-refractivity contribution in [3.63, 3.8) is 0 Å². The number of nitrogens with zero attached hydrogens (tertiary/aromatic N) is 16. The van der Waals surface area contributed by atoms with E-state index in [1.165, 1.54) is 56.0 Å². The van der Waals surface area contributed by atoms with Crippen LogP contribution in [0.4, 0.5) is 32.1 Å². The Morgan fingerprint density at radius 1 is 0.387 bits per heavy atom. The van der Waals surface area contributed by atoms with Gasteiger partial charge in [-0.2, -0.15) is 40.5 Å².